The van der Waals surface area contributed by atoms with Crippen molar-refractivity contribution in [1.82, 2.24) is 0 Å². The van der Waals surface area contributed by atoms with Gasteiger partial charge in [0.25, 0.3) is 0 Å². The molecule has 6 fully saturated rings. The lowest BCUT2D eigenvalue weighted by Crippen LogP contribution is -2.39. The monoisotopic (exact) mass is 1580 g/mol. The van der Waals surface area contributed by atoms with Gasteiger partial charge in [0.05, 0.1) is 0 Å². The largest absolute Gasteiger partial charge is 0.299 e. The van der Waals surface area contributed by atoms with Gasteiger partial charge in [-0.15, -0.1) is 0 Å². The van der Waals surface area contributed by atoms with Gasteiger partial charge in [0.1, 0.15) is 5.78 Å². The highest BCUT2D eigenvalue weighted by Crippen LogP contribution is 2.57. The highest BCUT2D eigenvalue weighted by molar-refractivity contribution is 6.55. The minimum absolute atomic E-state index is 0.0264. The number of allylic oxidation sites excluding steroid dienone is 8. The summed E-state index contributed by atoms with van der Waals surface area (Å²) in [4.78, 5) is 81.0. The minimum Gasteiger partial charge on any atom is -0.299 e. The van der Waals surface area contributed by atoms with Gasteiger partial charge in [-0.05, 0) is 317 Å². The van der Waals surface area contributed by atoms with Crippen LogP contribution in [0.15, 0.2) is 133 Å². The van der Waals surface area contributed by atoms with Crippen LogP contribution in [-0.2, 0) is 43.2 Å². The van der Waals surface area contributed by atoms with Gasteiger partial charge in [0, 0.05) is 58.1 Å². The number of carbonyl (C=O) groups is 6. The molecule has 9 aliphatic carbocycles. The van der Waals surface area contributed by atoms with E-state index in [-0.39, 0.29) is 64.6 Å². The molecule has 0 heterocycles. The first-order chi connectivity index (χ1) is 55.9. The molecule has 630 valence electrons. The molecule has 5 aromatic carbocycles. The Morgan fingerprint density at radius 3 is 1.75 bits per heavy atom. The van der Waals surface area contributed by atoms with E-state index in [1.165, 1.54) is 101 Å². The van der Waals surface area contributed by atoms with Crippen LogP contribution in [-0.4, -0.2) is 34.7 Å². The van der Waals surface area contributed by atoms with E-state index in [4.69, 9.17) is 0 Å². The fraction of sp³-hybridized carbons (Fsp3) is 0.604. The van der Waals surface area contributed by atoms with E-state index in [1.54, 1.807) is 19.4 Å². The number of rotatable bonds is 26. The van der Waals surface area contributed by atoms with Crippen LogP contribution in [0.1, 0.15) is 346 Å². The number of hydrogen-bond acceptors (Lipinski definition) is 6. The van der Waals surface area contributed by atoms with Gasteiger partial charge in [0.15, 0.2) is 5.78 Å². The Morgan fingerprint density at radius 2 is 1.14 bits per heavy atom. The Labute approximate surface area is 708 Å². The molecule has 14 rings (SSSR count). The van der Waals surface area contributed by atoms with Gasteiger partial charge in [-0.1, -0.05) is 275 Å². The van der Waals surface area contributed by atoms with E-state index in [0.29, 0.717) is 93.9 Å². The van der Waals surface area contributed by atoms with Crippen molar-refractivity contribution in [2.24, 2.45) is 118 Å². The molecular weight excluding hydrogens is 1430 g/mol. The van der Waals surface area contributed by atoms with E-state index in [9.17, 15) is 28.8 Å². The molecule has 0 N–H and O–H groups in total. The summed E-state index contributed by atoms with van der Waals surface area (Å²) in [5.74, 6) is 10.5. The highest BCUT2D eigenvalue weighted by atomic mass is 16.2. The highest BCUT2D eigenvalue weighted by Gasteiger charge is 2.48. The van der Waals surface area contributed by atoms with E-state index in [0.717, 1.165) is 154 Å². The first kappa shape index (κ1) is 89.3. The fourth-order valence-corrected chi connectivity index (χ4v) is 24.0. The van der Waals surface area contributed by atoms with Gasteiger partial charge < -0.3 is 0 Å². The second-order valence-corrected chi connectivity index (χ2v) is 40.8. The van der Waals surface area contributed by atoms with Gasteiger partial charge in [-0.25, -0.2) is 0 Å². The standard InChI is InChI=1S/C38H48O2.C37H48O3.C36H54O/c1-5-27-21-32-25(4)18-36(38(40)37(39)28-9-7-6-8-10-28)35(32)22-34(27)31-16-15-29-20-30(24(3)17-33(29)31)19-26-13-11-23(2)12-14-26;1-7-26(8-2)13-18-30-21-34(37(40)35(38)23(3)4)33-22-31(25(6)19-32(30)33)36(39)29-16-14-28(15-17-29)20-27-11-9-24(5)10-12-27;1-20(2)26(8)27(9)34-18-23(5)31-16-25(7)33(19-35(31)34)36(37)32-17-22(4)30(15-24(32)6)28(10)29-13-11-21(3)12-14-29/h11-14,18,21-22,24-25,28-31,33H,5-10,15-17,19-20H2,1-4H3;9-12,19,21-23,26,28-30H,7-8,13-18,20H2,1-6H3;11-14,16,19-20,22-28,30,32-34H,15,17-18H2,1-10H3/t;;22?,23?,24-,25?,26?,27?,28?,30?,32?,33?,34?/m..1/s1. The van der Waals surface area contributed by atoms with Gasteiger partial charge >= 0.3 is 0 Å². The molecule has 0 amide bonds. The maximum Gasteiger partial charge on any atom is 0.229 e. The molecular formula is C111H150O6. The zero-order valence-electron chi connectivity index (χ0n) is 76.1. The third kappa shape index (κ3) is 20.2. The maximum atomic E-state index is 14.2. The Hall–Kier alpha value is -6.92. The van der Waals surface area contributed by atoms with Crippen LogP contribution in [0, 0.1) is 146 Å². The van der Waals surface area contributed by atoms with Crippen molar-refractivity contribution in [3.8, 4) is 0 Å². The van der Waals surface area contributed by atoms with Crippen LogP contribution in [0.4, 0.5) is 0 Å². The number of Topliss-reactive ketones (excluding diaryl/α,β-unsaturated/α-hetero) is 6. The quantitative estimate of drug-likeness (QED) is 0.0404. The first-order valence-corrected chi connectivity index (χ1v) is 47.5. The van der Waals surface area contributed by atoms with Gasteiger partial charge in [-0.2, -0.15) is 0 Å². The lowest BCUT2D eigenvalue weighted by Gasteiger charge is -2.42. The Bertz CT molecular complexity index is 4450. The fourth-order valence-electron chi connectivity index (χ4n) is 24.0. The van der Waals surface area contributed by atoms with Gasteiger partial charge in [0.2, 0.25) is 23.1 Å². The zero-order valence-corrected chi connectivity index (χ0v) is 76.1. The first-order valence-electron chi connectivity index (χ1n) is 47.5. The maximum absolute atomic E-state index is 14.2. The predicted molar refractivity (Wildman–Crippen MR) is 488 cm³/mol. The molecule has 9 aliphatic rings. The number of carbonyl (C=O) groups excluding carboxylic acids is 6. The summed E-state index contributed by atoms with van der Waals surface area (Å²) < 4.78 is 0. The van der Waals surface area contributed by atoms with Crippen LogP contribution >= 0.6 is 0 Å². The van der Waals surface area contributed by atoms with Crippen molar-refractivity contribution >= 4 is 45.8 Å². The summed E-state index contributed by atoms with van der Waals surface area (Å²) in [7, 11) is 0. The second-order valence-electron chi connectivity index (χ2n) is 40.8. The van der Waals surface area contributed by atoms with E-state index >= 15 is 0 Å². The summed E-state index contributed by atoms with van der Waals surface area (Å²) in [6, 6.07) is 36.0. The minimum atomic E-state index is -0.403. The van der Waals surface area contributed by atoms with E-state index < -0.39 is 5.78 Å². The Morgan fingerprint density at radius 1 is 0.521 bits per heavy atom. The van der Waals surface area contributed by atoms with Crippen molar-refractivity contribution in [1.29, 1.82) is 0 Å². The molecule has 6 nitrogen and oxygen atoms in total. The summed E-state index contributed by atoms with van der Waals surface area (Å²) in [5.41, 5.74) is 21.5. The summed E-state index contributed by atoms with van der Waals surface area (Å²) >= 11 is 0. The molecule has 117 heavy (non-hydrogen) atoms. The molecule has 0 aliphatic heterocycles. The average Bonchev–Trinajstić information content (AvgIpc) is 1.63. The van der Waals surface area contributed by atoms with E-state index in [2.05, 4.69) is 227 Å². The molecule has 0 radical (unpaired) electrons. The van der Waals surface area contributed by atoms with Crippen LogP contribution in [0.3, 0.4) is 0 Å². The molecule has 6 heteroatoms. The molecule has 0 spiro atoms. The van der Waals surface area contributed by atoms with Gasteiger partial charge in [-0.3, -0.25) is 28.8 Å². The second kappa shape index (κ2) is 39.3. The van der Waals surface area contributed by atoms with Crippen molar-refractivity contribution in [2.45, 2.75) is 310 Å². The van der Waals surface area contributed by atoms with Crippen molar-refractivity contribution in [2.75, 3.05) is 0 Å². The van der Waals surface area contributed by atoms with Crippen LogP contribution in [0.5, 0.6) is 0 Å². The number of fused-ring (bicyclic) bond motifs is 4. The number of aryl methyl sites for hydroxylation is 5. The Balaban J connectivity index is 0.000000162. The molecule has 5 aromatic rings. The summed E-state index contributed by atoms with van der Waals surface area (Å²) in [6.45, 7) is 45.0. The molecule has 0 bridgehead atoms. The number of hydrogen-bond donors (Lipinski definition) is 0. The average molecular weight is 1580 g/mol. The normalized spacial score (nSPS) is 28.8. The summed E-state index contributed by atoms with van der Waals surface area (Å²) in [6.07, 6.45) is 34.5. The lowest BCUT2D eigenvalue weighted by molar-refractivity contribution is -0.136. The van der Waals surface area contributed by atoms with E-state index in [1.807, 2.05) is 19.1 Å². The molecule has 6 saturated carbocycles. The number of ketones is 6. The molecule has 17 unspecified atom stereocenters. The van der Waals surface area contributed by atoms with Crippen LogP contribution in [0.25, 0.3) is 11.1 Å². The SMILES string of the molecule is CCC(CC)CCC1C=C(C(=O)C(=O)C(C)C)c2cc(C(=O)C3CCC(Cc4ccc(C)cc4)CC3)c(C)cc21.CCc1cc2c(cc1C1CCC3CC(Cc4ccc(C)cc4)C(C)CC31)C(C(=O)C(=O)C1CCCCC1)=CC2C.Cc1ccc(C(C)C2C[C@@H](C)C(C(=O)C3C=C4C(=CC3C)C(C)CC4C(C)C(C)C(C)C)CC2C)cc1. The Kier molecular flexibility index (Phi) is 30.0. The molecule has 0 saturated heterocycles. The van der Waals surface area contributed by atoms with Crippen LogP contribution < -0.4 is 0 Å². The topological polar surface area (TPSA) is 102 Å². The summed E-state index contributed by atoms with van der Waals surface area (Å²) in [5, 5.41) is 0. The van der Waals surface area contributed by atoms with Crippen molar-refractivity contribution in [3.63, 3.8) is 0 Å². The lowest BCUT2D eigenvalue weighted by atomic mass is 9.61. The van der Waals surface area contributed by atoms with Crippen molar-refractivity contribution in [3.05, 3.63) is 210 Å². The number of benzene rings is 5. The molecule has 0 aromatic heterocycles. The van der Waals surface area contributed by atoms with Crippen LogP contribution in [0.2, 0.25) is 0 Å². The molecule has 18 atom stereocenters. The van der Waals surface area contributed by atoms with Crippen molar-refractivity contribution < 1.29 is 28.8 Å². The smallest absolute Gasteiger partial charge is 0.229 e. The third-order valence-corrected chi connectivity index (χ3v) is 32.4. The predicted octanol–water partition coefficient (Wildman–Crippen LogP) is 27.9. The zero-order chi connectivity index (χ0) is 84.1. The third-order valence-electron chi connectivity index (χ3n) is 32.4.